The summed E-state index contributed by atoms with van der Waals surface area (Å²) >= 11 is 0. The Bertz CT molecular complexity index is 2230. The maximum atomic E-state index is 13.0. The molecule has 9 nitrogen and oxygen atoms in total. The van der Waals surface area contributed by atoms with Crippen LogP contribution in [-0.2, 0) is 33.3 Å². The summed E-state index contributed by atoms with van der Waals surface area (Å²) in [5.74, 6) is -2.33. The standard InChI is InChI=1S/C92H155NO8/c1-6-8-10-12-14-16-18-20-22-24-26-28-30-32-34-36-38-40-42-44-45-47-48-50-52-54-56-58-60-62-64-66-68-70-72-74-76-78-80-82-89(94)99-86-88(87-100-92(91(96)97)98-85-84-93(3,4)5)101-90(95)83-81-79-77-75-73-71-69-67-65-63-61-59-57-55-53-51-49-46-43-41-39-37-35-33-31-29-27-25-23-21-19-17-15-13-11-9-7-2/h9,11,15,17-18,20-21,23-24,26-27,29,33,35,39,41,46,49,53,55,59,61,65,67,71,73,88,92H,6-8,10,12-14,16,19,22,25,28,30-32,34,36-38,40,42-45,47-48,50-52,54,56-58,60,62-64,66,68-70,72,74-87H2,1-5H3/b11-9-,17-15-,20-18-,23-21-,26-24-,29-27-,35-33-,41-39-,49-46-,55-53-,61-59-,67-65-,73-71-. The monoisotopic (exact) mass is 1400 g/mol. The molecule has 0 amide bonds. The third kappa shape index (κ3) is 82.1. The molecule has 0 radical (unpaired) electrons. The quantitative estimate of drug-likeness (QED) is 0.0195. The van der Waals surface area contributed by atoms with Gasteiger partial charge >= 0.3 is 11.9 Å². The molecule has 0 spiro atoms. The SMILES string of the molecule is CC/C=C\C/C=C\C/C=C\C/C=C\C/C=C\C/C=C\C/C=C\C/C=C\C/C=C\C/C=C\C/C=C\CCCCCC(=O)OC(COC(=O)CCCCCCCCCCCCCCCCCCCCCCCCCCCCC/C=C\C/C=C\CCCCCCC)COC(OCC[N+](C)(C)C)C(=O)[O-]. The molecule has 0 fully saturated rings. The van der Waals surface area contributed by atoms with E-state index in [-0.39, 0.29) is 38.6 Å². The number of hydrogen-bond donors (Lipinski definition) is 0. The van der Waals surface area contributed by atoms with Crippen molar-refractivity contribution < 1.29 is 42.9 Å². The molecule has 576 valence electrons. The molecular formula is C92H155NO8. The number of carbonyl (C=O) groups excluding carboxylic acids is 3. The van der Waals surface area contributed by atoms with Crippen LogP contribution in [0.2, 0.25) is 0 Å². The van der Waals surface area contributed by atoms with Gasteiger partial charge in [0.25, 0.3) is 0 Å². The number of allylic oxidation sites excluding steroid dienone is 26. The van der Waals surface area contributed by atoms with E-state index in [9.17, 15) is 19.5 Å². The highest BCUT2D eigenvalue weighted by Gasteiger charge is 2.22. The second-order valence-corrected chi connectivity index (χ2v) is 28.7. The van der Waals surface area contributed by atoms with Crippen LogP contribution in [0, 0.1) is 0 Å². The van der Waals surface area contributed by atoms with E-state index >= 15 is 0 Å². The lowest BCUT2D eigenvalue weighted by Crippen LogP contribution is -2.44. The number of unbranched alkanes of at least 4 members (excludes halogenated alkanes) is 35. The summed E-state index contributed by atoms with van der Waals surface area (Å²) in [6, 6.07) is 0. The molecule has 0 aromatic heterocycles. The zero-order valence-electron chi connectivity index (χ0n) is 66.0. The van der Waals surface area contributed by atoms with Gasteiger partial charge < -0.3 is 33.3 Å². The number of rotatable bonds is 76. The number of aliphatic carboxylic acids is 1. The van der Waals surface area contributed by atoms with Crippen molar-refractivity contribution in [2.24, 2.45) is 0 Å². The molecule has 0 aliphatic carbocycles. The Morgan fingerprint density at radius 2 is 0.564 bits per heavy atom. The lowest BCUT2D eigenvalue weighted by molar-refractivity contribution is -0.870. The van der Waals surface area contributed by atoms with E-state index in [2.05, 4.69) is 172 Å². The highest BCUT2D eigenvalue weighted by Crippen LogP contribution is 2.18. The molecule has 0 aromatic carbocycles. The Labute approximate surface area is 623 Å². The van der Waals surface area contributed by atoms with Crippen molar-refractivity contribution in [1.82, 2.24) is 0 Å². The second kappa shape index (κ2) is 80.6. The van der Waals surface area contributed by atoms with Crippen molar-refractivity contribution in [2.75, 3.05) is 47.5 Å². The van der Waals surface area contributed by atoms with Gasteiger partial charge in [0, 0.05) is 12.8 Å². The van der Waals surface area contributed by atoms with Gasteiger partial charge in [-0.25, -0.2) is 0 Å². The zero-order chi connectivity index (χ0) is 73.2. The van der Waals surface area contributed by atoms with Crippen molar-refractivity contribution in [2.45, 2.75) is 360 Å². The van der Waals surface area contributed by atoms with E-state index in [1.165, 1.54) is 199 Å². The molecular weight excluding hydrogens is 1250 g/mol. The molecule has 0 rings (SSSR count). The van der Waals surface area contributed by atoms with Crippen molar-refractivity contribution in [3.05, 3.63) is 158 Å². The molecule has 0 aliphatic rings. The summed E-state index contributed by atoms with van der Waals surface area (Å²) in [5, 5.41) is 11.9. The van der Waals surface area contributed by atoms with Gasteiger partial charge in [-0.1, -0.05) is 364 Å². The molecule has 0 saturated heterocycles. The Kier molecular flexibility index (Phi) is 76.5. The van der Waals surface area contributed by atoms with Gasteiger partial charge in [-0.05, 0) is 128 Å². The fourth-order valence-electron chi connectivity index (χ4n) is 11.5. The number of carbonyl (C=O) groups is 3. The molecule has 9 heteroatoms. The minimum absolute atomic E-state index is 0.134. The summed E-state index contributed by atoms with van der Waals surface area (Å²) in [6.07, 6.45) is 117. The number of likely N-dealkylation sites (N-methyl/N-ethyl adjacent to an activating group) is 1. The van der Waals surface area contributed by atoms with Crippen LogP contribution in [-0.4, -0.2) is 82.3 Å². The van der Waals surface area contributed by atoms with Gasteiger partial charge in [0.05, 0.1) is 40.3 Å². The van der Waals surface area contributed by atoms with Crippen LogP contribution in [0.3, 0.4) is 0 Å². The summed E-state index contributed by atoms with van der Waals surface area (Å²) in [7, 11) is 5.92. The van der Waals surface area contributed by atoms with E-state index in [1.54, 1.807) is 0 Å². The van der Waals surface area contributed by atoms with Crippen LogP contribution in [0.25, 0.3) is 0 Å². The summed E-state index contributed by atoms with van der Waals surface area (Å²) in [4.78, 5) is 37.6. The first-order valence-corrected chi connectivity index (χ1v) is 41.6. The topological polar surface area (TPSA) is 111 Å². The highest BCUT2D eigenvalue weighted by atomic mass is 16.7. The van der Waals surface area contributed by atoms with Crippen LogP contribution in [0.5, 0.6) is 0 Å². The number of quaternary nitrogens is 1. The van der Waals surface area contributed by atoms with E-state index in [0.717, 1.165) is 116 Å². The van der Waals surface area contributed by atoms with E-state index in [4.69, 9.17) is 18.9 Å². The number of carboxylic acid groups (broad SMARTS) is 1. The lowest BCUT2D eigenvalue weighted by Gasteiger charge is -2.26. The lowest BCUT2D eigenvalue weighted by atomic mass is 10.0. The Hall–Kier alpha value is -5.09. The first kappa shape index (κ1) is 95.9. The van der Waals surface area contributed by atoms with Gasteiger partial charge in [-0.3, -0.25) is 9.59 Å². The van der Waals surface area contributed by atoms with Crippen LogP contribution in [0.15, 0.2) is 158 Å². The predicted molar refractivity (Wildman–Crippen MR) is 435 cm³/mol. The molecule has 0 aliphatic heterocycles. The second-order valence-electron chi connectivity index (χ2n) is 28.7. The average Bonchev–Trinajstić information content (AvgIpc) is 1.25. The zero-order valence-corrected chi connectivity index (χ0v) is 66.0. The molecule has 101 heavy (non-hydrogen) atoms. The van der Waals surface area contributed by atoms with Crippen molar-refractivity contribution >= 4 is 17.9 Å². The molecule has 0 bridgehead atoms. The fraction of sp³-hybridized carbons (Fsp3) is 0.685. The summed E-state index contributed by atoms with van der Waals surface area (Å²) in [5.41, 5.74) is 0. The number of ether oxygens (including phenoxy) is 4. The van der Waals surface area contributed by atoms with Crippen LogP contribution >= 0.6 is 0 Å². The van der Waals surface area contributed by atoms with Gasteiger partial charge in [-0.15, -0.1) is 0 Å². The Balaban J connectivity index is 4.09. The van der Waals surface area contributed by atoms with E-state index < -0.39 is 24.3 Å². The van der Waals surface area contributed by atoms with Gasteiger partial charge in [0.1, 0.15) is 13.2 Å². The first-order valence-electron chi connectivity index (χ1n) is 41.6. The number of hydrogen-bond acceptors (Lipinski definition) is 8. The van der Waals surface area contributed by atoms with Crippen molar-refractivity contribution in [1.29, 1.82) is 0 Å². The maximum Gasteiger partial charge on any atom is 0.306 e. The highest BCUT2D eigenvalue weighted by molar-refractivity contribution is 5.70. The number of nitrogens with zero attached hydrogens (tertiary/aromatic N) is 1. The Morgan fingerprint density at radius 1 is 0.307 bits per heavy atom. The van der Waals surface area contributed by atoms with Crippen LogP contribution < -0.4 is 5.11 Å². The molecule has 2 unspecified atom stereocenters. The average molecular weight is 1400 g/mol. The van der Waals surface area contributed by atoms with Crippen LogP contribution in [0.4, 0.5) is 0 Å². The smallest absolute Gasteiger partial charge is 0.306 e. The molecule has 0 heterocycles. The van der Waals surface area contributed by atoms with E-state index in [1.807, 2.05) is 21.1 Å². The first-order chi connectivity index (χ1) is 49.6. The minimum atomic E-state index is -1.64. The Morgan fingerprint density at radius 3 is 0.851 bits per heavy atom. The van der Waals surface area contributed by atoms with Gasteiger partial charge in [0.2, 0.25) is 0 Å². The largest absolute Gasteiger partial charge is 0.545 e. The predicted octanol–water partition coefficient (Wildman–Crippen LogP) is 25.8. The van der Waals surface area contributed by atoms with Crippen molar-refractivity contribution in [3.8, 4) is 0 Å². The molecule has 0 saturated carbocycles. The van der Waals surface area contributed by atoms with Crippen LogP contribution in [0.1, 0.15) is 348 Å². The third-order valence-corrected chi connectivity index (χ3v) is 17.8. The van der Waals surface area contributed by atoms with Gasteiger partial charge in [0.15, 0.2) is 12.4 Å². The molecule has 0 aromatic rings. The van der Waals surface area contributed by atoms with Crippen molar-refractivity contribution in [3.63, 3.8) is 0 Å². The molecule has 0 N–H and O–H groups in total. The normalized spacial score (nSPS) is 13.5. The van der Waals surface area contributed by atoms with Gasteiger partial charge in [-0.2, -0.15) is 0 Å². The van der Waals surface area contributed by atoms with E-state index in [0.29, 0.717) is 17.4 Å². The minimum Gasteiger partial charge on any atom is -0.545 e. The third-order valence-electron chi connectivity index (χ3n) is 17.8. The summed E-state index contributed by atoms with van der Waals surface area (Å²) < 4.78 is 22.8. The maximum absolute atomic E-state index is 13.0. The fourth-order valence-corrected chi connectivity index (χ4v) is 11.5. The number of esters is 2. The number of carboxylic acids is 1. The molecule has 2 atom stereocenters. The summed E-state index contributed by atoms with van der Waals surface area (Å²) in [6.45, 7) is 4.60.